The fourth-order valence-electron chi connectivity index (χ4n) is 2.36. The van der Waals surface area contributed by atoms with Crippen LogP contribution in [0.1, 0.15) is 0 Å². The fraction of sp³-hybridized carbons (Fsp3) is 0. The summed E-state index contributed by atoms with van der Waals surface area (Å²) in [6.07, 6.45) is 0. The zero-order valence-corrected chi connectivity index (χ0v) is 8.64. The van der Waals surface area contributed by atoms with E-state index in [1.807, 2.05) is 6.07 Å². The predicted molar refractivity (Wildman–Crippen MR) is 67.9 cm³/mol. The van der Waals surface area contributed by atoms with Crippen LogP contribution in [0, 0.1) is 0 Å². The molecule has 0 unspecified atom stereocenters. The third-order valence-corrected chi connectivity index (χ3v) is 3.19. The van der Waals surface area contributed by atoms with Crippen molar-refractivity contribution in [3.63, 3.8) is 0 Å². The van der Waals surface area contributed by atoms with Gasteiger partial charge in [0.15, 0.2) is 0 Å². The smallest absolute Gasteiger partial charge is 0.0788 e. The number of hydrogen-bond donors (Lipinski definition) is 0. The van der Waals surface area contributed by atoms with Crippen molar-refractivity contribution in [2.24, 2.45) is 0 Å². The Bertz CT molecular complexity index is 713. The molecule has 0 N–H and O–H groups in total. The molecule has 5 aromatic rings. The van der Waals surface area contributed by atoms with Gasteiger partial charge in [0.2, 0.25) is 0 Å². The lowest BCUT2D eigenvalue weighted by atomic mass is 10.0. The van der Waals surface area contributed by atoms with E-state index in [9.17, 15) is 0 Å². The van der Waals surface area contributed by atoms with Gasteiger partial charge in [0.25, 0.3) is 0 Å². The lowest BCUT2D eigenvalue weighted by Gasteiger charge is -2.07. The number of benzene rings is 4. The van der Waals surface area contributed by atoms with Crippen molar-refractivity contribution in [3.8, 4) is 0 Å². The average Bonchev–Trinajstić information content (AvgIpc) is 2.38. The van der Waals surface area contributed by atoms with Crippen LogP contribution in [0.4, 0.5) is 0 Å². The van der Waals surface area contributed by atoms with Crippen LogP contribution in [-0.2, 0) is 0 Å². The molecule has 4 aromatic carbocycles. The Morgan fingerprint density at radius 3 is 2.31 bits per heavy atom. The van der Waals surface area contributed by atoms with Crippen molar-refractivity contribution >= 4 is 32.6 Å². The standard InChI is InChI=1S/C15H9N/c1-2-4-14-12(3-1)9-13-10-5-7-11(8-6-10)15(13)16-14/h1-9H. The Morgan fingerprint density at radius 2 is 1.44 bits per heavy atom. The summed E-state index contributed by atoms with van der Waals surface area (Å²) in [5.41, 5.74) is 2.20. The van der Waals surface area contributed by atoms with Crippen LogP contribution in [0.3, 0.4) is 0 Å². The third-order valence-electron chi connectivity index (χ3n) is 3.19. The van der Waals surface area contributed by atoms with E-state index in [1.165, 1.54) is 21.5 Å². The first-order chi connectivity index (χ1) is 7.92. The summed E-state index contributed by atoms with van der Waals surface area (Å²) < 4.78 is 0. The summed E-state index contributed by atoms with van der Waals surface area (Å²) in [5, 5.41) is 4.96. The van der Waals surface area contributed by atoms with Gasteiger partial charge in [0.05, 0.1) is 11.0 Å². The molecule has 1 aromatic heterocycles. The quantitative estimate of drug-likeness (QED) is 0.394. The summed E-state index contributed by atoms with van der Waals surface area (Å²) in [7, 11) is 0. The fourth-order valence-corrected chi connectivity index (χ4v) is 2.36. The number of pyridine rings is 1. The van der Waals surface area contributed by atoms with E-state index < -0.39 is 0 Å². The molecule has 0 radical (unpaired) electrons. The van der Waals surface area contributed by atoms with Crippen molar-refractivity contribution < 1.29 is 0 Å². The van der Waals surface area contributed by atoms with Gasteiger partial charge in [-0.25, -0.2) is 4.98 Å². The molecule has 0 aliphatic carbocycles. The molecule has 0 aliphatic rings. The van der Waals surface area contributed by atoms with Gasteiger partial charge in [0.1, 0.15) is 0 Å². The molecular weight excluding hydrogens is 194 g/mol. The van der Waals surface area contributed by atoms with Gasteiger partial charge in [-0.1, -0.05) is 42.5 Å². The lowest BCUT2D eigenvalue weighted by Crippen LogP contribution is -1.85. The first-order valence-corrected chi connectivity index (χ1v) is 5.42. The highest BCUT2D eigenvalue weighted by Crippen LogP contribution is 2.29. The van der Waals surface area contributed by atoms with Crippen LogP contribution >= 0.6 is 0 Å². The molecule has 1 nitrogen and oxygen atoms in total. The van der Waals surface area contributed by atoms with Crippen molar-refractivity contribution in [1.82, 2.24) is 4.98 Å². The van der Waals surface area contributed by atoms with E-state index in [0.717, 1.165) is 11.0 Å². The molecule has 0 saturated carbocycles. The minimum atomic E-state index is 1.07. The maximum Gasteiger partial charge on any atom is 0.0788 e. The van der Waals surface area contributed by atoms with Gasteiger partial charge in [-0.2, -0.15) is 0 Å². The number of rotatable bonds is 0. The minimum absolute atomic E-state index is 1.07. The van der Waals surface area contributed by atoms with E-state index >= 15 is 0 Å². The van der Waals surface area contributed by atoms with Gasteiger partial charge in [-0.05, 0) is 17.5 Å². The zero-order valence-electron chi connectivity index (χ0n) is 8.64. The summed E-state index contributed by atoms with van der Waals surface area (Å²) in [6.45, 7) is 0. The van der Waals surface area contributed by atoms with Crippen LogP contribution in [0.5, 0.6) is 0 Å². The minimum Gasteiger partial charge on any atom is -0.247 e. The van der Waals surface area contributed by atoms with Crippen LogP contribution in [0.15, 0.2) is 54.6 Å². The molecule has 16 heavy (non-hydrogen) atoms. The average molecular weight is 203 g/mol. The van der Waals surface area contributed by atoms with Gasteiger partial charge in [-0.15, -0.1) is 0 Å². The second-order valence-electron chi connectivity index (χ2n) is 4.15. The summed E-state index contributed by atoms with van der Waals surface area (Å²) in [5.74, 6) is 0. The molecule has 0 spiro atoms. The maximum absolute atomic E-state index is 4.74. The second kappa shape index (κ2) is 2.70. The molecule has 1 heterocycles. The molecule has 1 heteroatoms. The Balaban J connectivity index is 2.35. The van der Waals surface area contributed by atoms with Gasteiger partial charge >= 0.3 is 0 Å². The van der Waals surface area contributed by atoms with Crippen molar-refractivity contribution in [2.45, 2.75) is 0 Å². The number of fused-ring (bicyclic) bond motifs is 3. The summed E-state index contributed by atoms with van der Waals surface area (Å²) >= 11 is 0. The molecule has 0 saturated heterocycles. The van der Waals surface area contributed by atoms with Crippen molar-refractivity contribution in [2.75, 3.05) is 0 Å². The molecule has 0 atom stereocenters. The van der Waals surface area contributed by atoms with Gasteiger partial charge in [0, 0.05) is 16.2 Å². The normalized spacial score (nSPS) is 11.8. The highest BCUT2D eigenvalue weighted by Gasteiger charge is 2.05. The van der Waals surface area contributed by atoms with E-state index in [4.69, 9.17) is 4.98 Å². The Kier molecular flexibility index (Phi) is 1.36. The number of aromatic nitrogens is 1. The van der Waals surface area contributed by atoms with E-state index in [2.05, 4.69) is 48.5 Å². The van der Waals surface area contributed by atoms with Gasteiger partial charge < -0.3 is 0 Å². The van der Waals surface area contributed by atoms with Crippen LogP contribution < -0.4 is 0 Å². The molecule has 2 bridgehead atoms. The van der Waals surface area contributed by atoms with Crippen LogP contribution in [-0.4, -0.2) is 4.98 Å². The molecule has 74 valence electrons. The highest BCUT2D eigenvalue weighted by molar-refractivity contribution is 6.10. The maximum atomic E-state index is 4.74. The Morgan fingerprint density at radius 1 is 0.688 bits per heavy atom. The monoisotopic (exact) mass is 203 g/mol. The molecule has 0 fully saturated rings. The first kappa shape index (κ1) is 8.05. The predicted octanol–water partition coefficient (Wildman–Crippen LogP) is 3.98. The third kappa shape index (κ3) is 0.924. The summed E-state index contributed by atoms with van der Waals surface area (Å²) in [6, 6.07) is 19.1. The SMILES string of the molecule is c1ccc2nc3c4ccc(cc4)c3cc2c1. The molecule has 0 aliphatic heterocycles. The highest BCUT2D eigenvalue weighted by atomic mass is 14.7. The largest absolute Gasteiger partial charge is 0.247 e. The van der Waals surface area contributed by atoms with Crippen LogP contribution in [0.2, 0.25) is 0 Å². The number of nitrogens with zero attached hydrogens (tertiary/aromatic N) is 1. The molecular formula is C15H9N. The van der Waals surface area contributed by atoms with E-state index in [-0.39, 0.29) is 0 Å². The lowest BCUT2D eigenvalue weighted by molar-refractivity contribution is 1.51. The van der Waals surface area contributed by atoms with E-state index in [1.54, 1.807) is 0 Å². The second-order valence-corrected chi connectivity index (χ2v) is 4.15. The van der Waals surface area contributed by atoms with Crippen molar-refractivity contribution in [1.29, 1.82) is 0 Å². The number of hydrogen-bond acceptors (Lipinski definition) is 1. The molecule has 5 rings (SSSR count). The number of para-hydroxylation sites is 1. The first-order valence-electron chi connectivity index (χ1n) is 5.42. The topological polar surface area (TPSA) is 12.9 Å². The van der Waals surface area contributed by atoms with E-state index in [0.29, 0.717) is 0 Å². The Labute approximate surface area is 92.7 Å². The van der Waals surface area contributed by atoms with Crippen molar-refractivity contribution in [3.05, 3.63) is 54.6 Å². The summed E-state index contributed by atoms with van der Waals surface area (Å²) in [4.78, 5) is 4.74. The van der Waals surface area contributed by atoms with Gasteiger partial charge in [-0.3, -0.25) is 0 Å². The zero-order chi connectivity index (χ0) is 10.5. The molecule has 0 amide bonds. The Hall–Kier alpha value is -2.15. The van der Waals surface area contributed by atoms with Crippen LogP contribution in [0.25, 0.3) is 32.6 Å².